The van der Waals surface area contributed by atoms with Crippen molar-refractivity contribution < 1.29 is 4.79 Å². The SMILES string of the molecule is CCC1CCN(c2nc(C)cc(C)c2C(N)=O)C(CN)C1. The summed E-state index contributed by atoms with van der Waals surface area (Å²) in [4.78, 5) is 18.6. The summed E-state index contributed by atoms with van der Waals surface area (Å²) >= 11 is 0. The average Bonchev–Trinajstić information content (AvgIpc) is 2.45. The van der Waals surface area contributed by atoms with Crippen molar-refractivity contribution in [3.8, 4) is 0 Å². The van der Waals surface area contributed by atoms with Crippen LogP contribution in [0.15, 0.2) is 6.07 Å². The molecule has 116 valence electrons. The third-order valence-electron chi connectivity index (χ3n) is 4.52. The monoisotopic (exact) mass is 290 g/mol. The van der Waals surface area contributed by atoms with Gasteiger partial charge in [-0.15, -0.1) is 0 Å². The zero-order valence-electron chi connectivity index (χ0n) is 13.2. The molecule has 0 aliphatic carbocycles. The number of pyridine rings is 1. The van der Waals surface area contributed by atoms with Crippen LogP contribution in [0.25, 0.3) is 0 Å². The lowest BCUT2D eigenvalue weighted by atomic mass is 9.88. The van der Waals surface area contributed by atoms with E-state index >= 15 is 0 Å². The maximum Gasteiger partial charge on any atom is 0.252 e. The van der Waals surface area contributed by atoms with Crippen molar-refractivity contribution in [1.82, 2.24) is 4.98 Å². The fourth-order valence-corrected chi connectivity index (χ4v) is 3.34. The van der Waals surface area contributed by atoms with Crippen molar-refractivity contribution in [2.45, 2.75) is 46.1 Å². The highest BCUT2D eigenvalue weighted by Gasteiger charge is 2.30. The highest BCUT2D eigenvalue weighted by Crippen LogP contribution is 2.31. The van der Waals surface area contributed by atoms with Crippen LogP contribution in [0.5, 0.6) is 0 Å². The van der Waals surface area contributed by atoms with Crippen LogP contribution < -0.4 is 16.4 Å². The van der Waals surface area contributed by atoms with E-state index in [0.717, 1.165) is 30.6 Å². The molecule has 5 heteroatoms. The summed E-state index contributed by atoms with van der Waals surface area (Å²) < 4.78 is 0. The largest absolute Gasteiger partial charge is 0.365 e. The first kappa shape index (κ1) is 15.8. The van der Waals surface area contributed by atoms with Crippen LogP contribution in [-0.4, -0.2) is 30.0 Å². The third-order valence-corrected chi connectivity index (χ3v) is 4.52. The fourth-order valence-electron chi connectivity index (χ4n) is 3.34. The van der Waals surface area contributed by atoms with Gasteiger partial charge in [-0.05, 0) is 44.2 Å². The van der Waals surface area contributed by atoms with E-state index in [-0.39, 0.29) is 6.04 Å². The summed E-state index contributed by atoms with van der Waals surface area (Å²) in [5.74, 6) is 1.01. The fraction of sp³-hybridized carbons (Fsp3) is 0.625. The maximum atomic E-state index is 11.8. The predicted molar refractivity (Wildman–Crippen MR) is 85.4 cm³/mol. The molecule has 0 aromatic carbocycles. The molecule has 2 unspecified atom stereocenters. The van der Waals surface area contributed by atoms with Gasteiger partial charge in [0.2, 0.25) is 0 Å². The second-order valence-corrected chi connectivity index (χ2v) is 6.02. The van der Waals surface area contributed by atoms with Crippen LogP contribution >= 0.6 is 0 Å². The van der Waals surface area contributed by atoms with E-state index < -0.39 is 5.91 Å². The molecule has 2 rings (SSSR count). The van der Waals surface area contributed by atoms with E-state index in [1.165, 1.54) is 6.42 Å². The van der Waals surface area contributed by atoms with Crippen molar-refractivity contribution in [3.05, 3.63) is 22.9 Å². The topological polar surface area (TPSA) is 85.2 Å². The Bertz CT molecular complexity index is 529. The van der Waals surface area contributed by atoms with Crippen LogP contribution in [0.3, 0.4) is 0 Å². The Labute approximate surface area is 126 Å². The van der Waals surface area contributed by atoms with Crippen LogP contribution in [0.2, 0.25) is 0 Å². The molecule has 1 aliphatic heterocycles. The van der Waals surface area contributed by atoms with Gasteiger partial charge in [0, 0.05) is 24.8 Å². The Balaban J connectivity index is 2.42. The van der Waals surface area contributed by atoms with Gasteiger partial charge < -0.3 is 16.4 Å². The normalized spacial score (nSPS) is 22.4. The van der Waals surface area contributed by atoms with Crippen LogP contribution in [0.4, 0.5) is 5.82 Å². The standard InChI is InChI=1S/C16H26N4O/c1-4-12-5-6-20(13(8-12)9-17)16-14(15(18)21)10(2)7-11(3)19-16/h7,12-13H,4-6,8-9,17H2,1-3H3,(H2,18,21). The van der Waals surface area contributed by atoms with E-state index in [4.69, 9.17) is 11.5 Å². The lowest BCUT2D eigenvalue weighted by Crippen LogP contribution is -2.48. The maximum absolute atomic E-state index is 11.8. The van der Waals surface area contributed by atoms with Gasteiger partial charge >= 0.3 is 0 Å². The van der Waals surface area contributed by atoms with Crippen molar-refractivity contribution in [2.24, 2.45) is 17.4 Å². The molecule has 0 spiro atoms. The third kappa shape index (κ3) is 3.18. The first-order valence-electron chi connectivity index (χ1n) is 7.72. The Morgan fingerprint density at radius 2 is 2.19 bits per heavy atom. The van der Waals surface area contributed by atoms with Gasteiger partial charge in [0.15, 0.2) is 0 Å². The van der Waals surface area contributed by atoms with Crippen molar-refractivity contribution in [2.75, 3.05) is 18.0 Å². The molecular formula is C16H26N4O. The lowest BCUT2D eigenvalue weighted by Gasteiger charge is -2.40. The first-order chi connectivity index (χ1) is 9.97. The van der Waals surface area contributed by atoms with Crippen LogP contribution in [-0.2, 0) is 0 Å². The molecule has 1 saturated heterocycles. The summed E-state index contributed by atoms with van der Waals surface area (Å²) in [5.41, 5.74) is 13.9. The highest BCUT2D eigenvalue weighted by molar-refractivity contribution is 5.99. The van der Waals surface area contributed by atoms with Crippen molar-refractivity contribution in [3.63, 3.8) is 0 Å². The number of carbonyl (C=O) groups is 1. The quantitative estimate of drug-likeness (QED) is 0.884. The number of aryl methyl sites for hydroxylation is 2. The molecule has 21 heavy (non-hydrogen) atoms. The number of hydrogen-bond donors (Lipinski definition) is 2. The molecule has 1 aromatic heterocycles. The summed E-state index contributed by atoms with van der Waals surface area (Å²) in [6.45, 7) is 7.53. The van der Waals surface area contributed by atoms with E-state index in [9.17, 15) is 4.79 Å². The summed E-state index contributed by atoms with van der Waals surface area (Å²) in [7, 11) is 0. The molecule has 1 fully saturated rings. The molecule has 5 nitrogen and oxygen atoms in total. The van der Waals surface area contributed by atoms with Gasteiger partial charge in [-0.25, -0.2) is 4.98 Å². The van der Waals surface area contributed by atoms with Gasteiger partial charge in [-0.3, -0.25) is 4.79 Å². The van der Waals surface area contributed by atoms with Crippen LogP contribution in [0, 0.1) is 19.8 Å². The summed E-state index contributed by atoms with van der Waals surface area (Å²) in [5, 5.41) is 0. The van der Waals surface area contributed by atoms with Gasteiger partial charge in [0.25, 0.3) is 5.91 Å². The number of rotatable bonds is 4. The van der Waals surface area contributed by atoms with Gasteiger partial charge in [0.1, 0.15) is 5.82 Å². The number of hydrogen-bond acceptors (Lipinski definition) is 4. The number of piperidine rings is 1. The molecule has 0 radical (unpaired) electrons. The molecule has 4 N–H and O–H groups in total. The highest BCUT2D eigenvalue weighted by atomic mass is 16.1. The lowest BCUT2D eigenvalue weighted by molar-refractivity contribution is 0.0999. The summed E-state index contributed by atoms with van der Waals surface area (Å²) in [6, 6.07) is 2.13. The molecule has 2 heterocycles. The first-order valence-corrected chi connectivity index (χ1v) is 7.72. The minimum absolute atomic E-state index is 0.232. The molecule has 1 aromatic rings. The Hall–Kier alpha value is -1.62. The minimum Gasteiger partial charge on any atom is -0.365 e. The number of nitrogens with zero attached hydrogens (tertiary/aromatic N) is 2. The molecule has 0 saturated carbocycles. The summed E-state index contributed by atoms with van der Waals surface area (Å²) in [6.07, 6.45) is 3.34. The van der Waals surface area contributed by atoms with Crippen LogP contribution in [0.1, 0.15) is 47.8 Å². The number of nitrogens with two attached hydrogens (primary N) is 2. The van der Waals surface area contributed by atoms with Gasteiger partial charge in [-0.2, -0.15) is 0 Å². The second-order valence-electron chi connectivity index (χ2n) is 6.02. The number of primary amides is 1. The number of carbonyl (C=O) groups excluding carboxylic acids is 1. The molecule has 1 amide bonds. The van der Waals surface area contributed by atoms with E-state index in [2.05, 4.69) is 16.8 Å². The number of aromatic nitrogens is 1. The van der Waals surface area contributed by atoms with E-state index in [0.29, 0.717) is 23.8 Å². The smallest absolute Gasteiger partial charge is 0.252 e. The number of amides is 1. The van der Waals surface area contributed by atoms with Crippen molar-refractivity contribution in [1.29, 1.82) is 0 Å². The second kappa shape index (κ2) is 6.43. The Morgan fingerprint density at radius 1 is 1.48 bits per heavy atom. The zero-order valence-corrected chi connectivity index (χ0v) is 13.2. The van der Waals surface area contributed by atoms with Gasteiger partial charge in [-0.1, -0.05) is 13.3 Å². The minimum atomic E-state index is -0.414. The van der Waals surface area contributed by atoms with E-state index in [1.54, 1.807) is 0 Å². The molecule has 0 bridgehead atoms. The Kier molecular flexibility index (Phi) is 4.83. The zero-order chi connectivity index (χ0) is 15.6. The average molecular weight is 290 g/mol. The number of anilines is 1. The molecular weight excluding hydrogens is 264 g/mol. The Morgan fingerprint density at radius 3 is 2.76 bits per heavy atom. The molecule has 1 aliphatic rings. The van der Waals surface area contributed by atoms with Gasteiger partial charge in [0.05, 0.1) is 5.56 Å². The molecule has 2 atom stereocenters. The van der Waals surface area contributed by atoms with E-state index in [1.807, 2.05) is 19.9 Å². The van der Waals surface area contributed by atoms with Crippen molar-refractivity contribution >= 4 is 11.7 Å². The predicted octanol–water partition coefficient (Wildman–Crippen LogP) is 1.75.